The quantitative estimate of drug-likeness (QED) is 0.404. The van der Waals surface area contributed by atoms with Crippen molar-refractivity contribution in [1.29, 1.82) is 5.26 Å². The molecule has 1 amide bonds. The van der Waals surface area contributed by atoms with Crippen molar-refractivity contribution in [1.82, 2.24) is 4.90 Å². The zero-order valence-corrected chi connectivity index (χ0v) is 6.29. The molecule has 0 unspecified atom stereocenters. The van der Waals surface area contributed by atoms with Gasteiger partial charge in [0.15, 0.2) is 6.19 Å². The van der Waals surface area contributed by atoms with Gasteiger partial charge >= 0.3 is 6.09 Å². The number of nitrogens with zero attached hydrogens (tertiary/aromatic N) is 2. The van der Waals surface area contributed by atoms with Crippen LogP contribution in [-0.4, -0.2) is 24.1 Å². The van der Waals surface area contributed by atoms with E-state index in [1.165, 1.54) is 7.11 Å². The van der Waals surface area contributed by atoms with Crippen LogP contribution in [0.25, 0.3) is 0 Å². The molecular formula is C6H10N2O2. The van der Waals surface area contributed by atoms with Crippen LogP contribution < -0.4 is 0 Å². The van der Waals surface area contributed by atoms with Gasteiger partial charge in [-0.3, -0.25) is 0 Å². The van der Waals surface area contributed by atoms with Crippen LogP contribution in [-0.2, 0) is 4.74 Å². The Hall–Kier alpha value is -1.24. The average Bonchev–Trinajstić information content (AvgIpc) is 1.88. The minimum absolute atomic E-state index is 0.141. The van der Waals surface area contributed by atoms with Gasteiger partial charge in [-0.05, 0) is 13.8 Å². The fraction of sp³-hybridized carbons (Fsp3) is 0.667. The van der Waals surface area contributed by atoms with Gasteiger partial charge in [-0.15, -0.1) is 0 Å². The predicted molar refractivity (Wildman–Crippen MR) is 35.0 cm³/mol. The number of ether oxygens (including phenoxy) is 1. The first kappa shape index (κ1) is 8.76. The number of methoxy groups -OCH3 is 1. The summed E-state index contributed by atoms with van der Waals surface area (Å²) in [7, 11) is 1.25. The van der Waals surface area contributed by atoms with Gasteiger partial charge in [-0.25, -0.2) is 9.69 Å². The summed E-state index contributed by atoms with van der Waals surface area (Å²) < 4.78 is 4.33. The molecule has 0 saturated carbocycles. The van der Waals surface area contributed by atoms with Gasteiger partial charge < -0.3 is 4.74 Å². The normalized spacial score (nSPS) is 8.70. The Morgan fingerprint density at radius 2 is 2.20 bits per heavy atom. The molecule has 0 rings (SSSR count). The van der Waals surface area contributed by atoms with Crippen molar-refractivity contribution >= 4 is 6.09 Å². The Kier molecular flexibility index (Phi) is 3.26. The molecule has 0 aromatic carbocycles. The molecule has 0 atom stereocenters. The lowest BCUT2D eigenvalue weighted by molar-refractivity contribution is 0.134. The summed E-state index contributed by atoms with van der Waals surface area (Å²) in [6.45, 7) is 3.47. The zero-order chi connectivity index (χ0) is 8.15. The maximum Gasteiger partial charge on any atom is 0.423 e. The molecule has 0 bridgehead atoms. The number of rotatable bonds is 1. The van der Waals surface area contributed by atoms with Crippen molar-refractivity contribution in [3.63, 3.8) is 0 Å². The van der Waals surface area contributed by atoms with Crippen LogP contribution in [0.4, 0.5) is 4.79 Å². The summed E-state index contributed by atoms with van der Waals surface area (Å²) in [4.78, 5) is 11.6. The standard InChI is InChI=1S/C6H10N2O2/c1-5(2)8(4-7)6(9)10-3/h5H,1-3H3. The van der Waals surface area contributed by atoms with E-state index in [1.54, 1.807) is 20.0 Å². The Morgan fingerprint density at radius 1 is 1.70 bits per heavy atom. The molecule has 0 aliphatic carbocycles. The predicted octanol–water partition coefficient (Wildman–Crippen LogP) is 0.944. The molecule has 56 valence electrons. The number of amides is 1. The SMILES string of the molecule is COC(=O)N(C#N)C(C)C. The lowest BCUT2D eigenvalue weighted by Crippen LogP contribution is -2.32. The van der Waals surface area contributed by atoms with Crippen molar-refractivity contribution < 1.29 is 9.53 Å². The lowest BCUT2D eigenvalue weighted by atomic mass is 10.4. The maximum atomic E-state index is 10.7. The van der Waals surface area contributed by atoms with Crippen LogP contribution in [0.5, 0.6) is 0 Å². The fourth-order valence-electron chi connectivity index (χ4n) is 0.465. The highest BCUT2D eigenvalue weighted by Crippen LogP contribution is 1.97. The summed E-state index contributed by atoms with van der Waals surface area (Å²) >= 11 is 0. The number of carbonyl (C=O) groups is 1. The largest absolute Gasteiger partial charge is 0.452 e. The van der Waals surface area contributed by atoms with Crippen molar-refractivity contribution in [2.45, 2.75) is 19.9 Å². The smallest absolute Gasteiger partial charge is 0.423 e. The third-order valence-corrected chi connectivity index (χ3v) is 0.995. The molecule has 0 aromatic rings. The van der Waals surface area contributed by atoms with Crippen LogP contribution in [0.15, 0.2) is 0 Å². The summed E-state index contributed by atoms with van der Waals surface area (Å²) in [5.41, 5.74) is 0. The van der Waals surface area contributed by atoms with E-state index in [9.17, 15) is 4.79 Å². The van der Waals surface area contributed by atoms with E-state index < -0.39 is 6.09 Å². The number of hydrogen-bond acceptors (Lipinski definition) is 3. The molecule has 0 aromatic heterocycles. The maximum absolute atomic E-state index is 10.7. The molecular weight excluding hydrogens is 132 g/mol. The Bertz CT molecular complexity index is 160. The first-order chi connectivity index (χ1) is 4.63. The van der Waals surface area contributed by atoms with Crippen LogP contribution in [0.3, 0.4) is 0 Å². The minimum atomic E-state index is -0.613. The Labute approximate surface area is 60.0 Å². The minimum Gasteiger partial charge on any atom is -0.452 e. The summed E-state index contributed by atoms with van der Waals surface area (Å²) in [5.74, 6) is 0. The van der Waals surface area contributed by atoms with Gasteiger partial charge in [0.05, 0.1) is 7.11 Å². The third-order valence-electron chi connectivity index (χ3n) is 0.995. The number of hydrogen-bond donors (Lipinski definition) is 0. The van der Waals surface area contributed by atoms with Crippen LogP contribution in [0.1, 0.15) is 13.8 Å². The molecule has 0 N–H and O–H groups in total. The van der Waals surface area contributed by atoms with E-state index in [4.69, 9.17) is 5.26 Å². The second-order valence-corrected chi connectivity index (χ2v) is 2.03. The van der Waals surface area contributed by atoms with Crippen molar-refractivity contribution in [3.05, 3.63) is 0 Å². The van der Waals surface area contributed by atoms with E-state index in [1.807, 2.05) is 0 Å². The summed E-state index contributed by atoms with van der Waals surface area (Å²) in [5, 5.41) is 8.37. The molecule has 0 heterocycles. The van der Waals surface area contributed by atoms with Crippen molar-refractivity contribution in [2.24, 2.45) is 0 Å². The Balaban J connectivity index is 4.11. The molecule has 0 spiro atoms. The van der Waals surface area contributed by atoms with E-state index >= 15 is 0 Å². The van der Waals surface area contributed by atoms with Gasteiger partial charge in [0.2, 0.25) is 0 Å². The van der Waals surface area contributed by atoms with Crippen molar-refractivity contribution in [3.8, 4) is 6.19 Å². The first-order valence-corrected chi connectivity index (χ1v) is 2.90. The van der Waals surface area contributed by atoms with E-state index in [-0.39, 0.29) is 6.04 Å². The fourth-order valence-corrected chi connectivity index (χ4v) is 0.465. The molecule has 0 radical (unpaired) electrons. The second kappa shape index (κ2) is 3.72. The lowest BCUT2D eigenvalue weighted by Gasteiger charge is -2.14. The van der Waals surface area contributed by atoms with E-state index in [2.05, 4.69) is 4.74 Å². The van der Waals surface area contributed by atoms with Crippen molar-refractivity contribution in [2.75, 3.05) is 7.11 Å². The van der Waals surface area contributed by atoms with E-state index in [0.29, 0.717) is 0 Å². The van der Waals surface area contributed by atoms with Gasteiger partial charge in [-0.1, -0.05) is 0 Å². The monoisotopic (exact) mass is 142 g/mol. The van der Waals surface area contributed by atoms with Gasteiger partial charge in [0.25, 0.3) is 0 Å². The second-order valence-electron chi connectivity index (χ2n) is 2.03. The average molecular weight is 142 g/mol. The molecule has 4 nitrogen and oxygen atoms in total. The molecule has 4 heteroatoms. The van der Waals surface area contributed by atoms with Gasteiger partial charge in [-0.2, -0.15) is 5.26 Å². The summed E-state index contributed by atoms with van der Waals surface area (Å²) in [6, 6.07) is -0.141. The Morgan fingerprint density at radius 3 is 2.30 bits per heavy atom. The van der Waals surface area contributed by atoms with E-state index in [0.717, 1.165) is 4.90 Å². The molecule has 0 saturated heterocycles. The highest BCUT2D eigenvalue weighted by atomic mass is 16.5. The molecule has 10 heavy (non-hydrogen) atoms. The highest BCUT2D eigenvalue weighted by molar-refractivity contribution is 5.69. The highest BCUT2D eigenvalue weighted by Gasteiger charge is 2.15. The molecule has 0 aliphatic rings. The zero-order valence-electron chi connectivity index (χ0n) is 6.29. The van der Waals surface area contributed by atoms with Crippen LogP contribution in [0.2, 0.25) is 0 Å². The van der Waals surface area contributed by atoms with Crippen LogP contribution >= 0.6 is 0 Å². The van der Waals surface area contributed by atoms with Gasteiger partial charge in [0.1, 0.15) is 0 Å². The number of carbonyl (C=O) groups excluding carboxylic acids is 1. The molecule has 0 aliphatic heterocycles. The summed E-state index contributed by atoms with van der Waals surface area (Å²) in [6.07, 6.45) is 1.10. The molecule has 0 fully saturated rings. The van der Waals surface area contributed by atoms with Crippen LogP contribution in [0, 0.1) is 11.5 Å². The number of nitriles is 1. The third kappa shape index (κ3) is 1.94. The van der Waals surface area contributed by atoms with Gasteiger partial charge in [0, 0.05) is 6.04 Å². The topological polar surface area (TPSA) is 53.3 Å². The first-order valence-electron chi connectivity index (χ1n) is 2.90.